The minimum Gasteiger partial charge on any atom is -0.545 e. The summed E-state index contributed by atoms with van der Waals surface area (Å²) in [6.45, 7) is 0. The van der Waals surface area contributed by atoms with Crippen LogP contribution in [-0.2, 0) is 0 Å². The van der Waals surface area contributed by atoms with E-state index in [0.29, 0.717) is 0 Å². The van der Waals surface area contributed by atoms with Crippen LogP contribution >= 0.6 is 0 Å². The van der Waals surface area contributed by atoms with Crippen LogP contribution in [0, 0.1) is 0 Å². The number of benzene rings is 2. The fourth-order valence-corrected chi connectivity index (χ4v) is 2.89. The molecule has 0 aliphatic carbocycles. The second-order valence-electron chi connectivity index (χ2n) is 5.31. The topological polar surface area (TPSA) is 65.9 Å². The first-order chi connectivity index (χ1) is 11.2. The van der Waals surface area contributed by atoms with Crippen molar-refractivity contribution in [2.45, 2.75) is 0 Å². The summed E-state index contributed by atoms with van der Waals surface area (Å²) in [7, 11) is 0. The van der Waals surface area contributed by atoms with E-state index in [1.165, 1.54) is 0 Å². The van der Waals surface area contributed by atoms with Crippen molar-refractivity contribution < 1.29 is 39.5 Å². The van der Waals surface area contributed by atoms with Gasteiger partial charge in [-0.3, -0.25) is 9.97 Å². The molecule has 2 aromatic carbocycles. The van der Waals surface area contributed by atoms with Gasteiger partial charge in [0.05, 0.1) is 5.97 Å². The number of carboxylic acids is 1. The van der Waals surface area contributed by atoms with Gasteiger partial charge in [0.25, 0.3) is 0 Å². The predicted molar refractivity (Wildman–Crippen MR) is 86.8 cm³/mol. The molecule has 0 aliphatic rings. The summed E-state index contributed by atoms with van der Waals surface area (Å²) < 4.78 is 0. The molecule has 0 amide bonds. The maximum atomic E-state index is 11.1. The molecule has 0 N–H and O–H groups in total. The molecule has 0 saturated carbocycles. The van der Waals surface area contributed by atoms with E-state index in [-0.39, 0.29) is 35.1 Å². The predicted octanol–water partition coefficient (Wildman–Crippen LogP) is -0.183. The third-order valence-corrected chi connectivity index (χ3v) is 3.96. The Bertz CT molecular complexity index is 1050. The van der Waals surface area contributed by atoms with Crippen LogP contribution in [0.4, 0.5) is 0 Å². The number of carbonyl (C=O) groups is 1. The zero-order valence-corrected chi connectivity index (χ0v) is 15.1. The van der Waals surface area contributed by atoms with E-state index in [1.807, 2.05) is 24.3 Å². The van der Waals surface area contributed by atoms with Gasteiger partial charge in [0.1, 0.15) is 0 Å². The molecule has 2 aromatic heterocycles. The number of carboxylic acid groups (broad SMARTS) is 1. The molecule has 4 rings (SSSR count). The van der Waals surface area contributed by atoms with Gasteiger partial charge in [-0.2, -0.15) is 0 Å². The molecule has 0 radical (unpaired) electrons. The maximum Gasteiger partial charge on any atom is 1.00 e. The Kier molecular flexibility index (Phi) is 4.62. The number of carbonyl (C=O) groups excluding carboxylic acids is 1. The van der Waals surface area contributed by atoms with Crippen LogP contribution in [0.5, 0.6) is 0 Å². The minimum absolute atomic E-state index is 0. The molecule has 4 nitrogen and oxygen atoms in total. The zero-order valence-electron chi connectivity index (χ0n) is 13.1. The van der Waals surface area contributed by atoms with E-state index in [4.69, 9.17) is 0 Å². The van der Waals surface area contributed by atoms with E-state index >= 15 is 0 Å². The van der Waals surface area contributed by atoms with Gasteiger partial charge >= 0.3 is 29.6 Å². The Hall–Kier alpha value is -2.27. The van der Waals surface area contributed by atoms with Crippen LogP contribution in [-0.4, -0.2) is 15.9 Å². The Morgan fingerprint density at radius 1 is 0.875 bits per heavy atom. The molecule has 4 aromatic rings. The van der Waals surface area contributed by atoms with Gasteiger partial charge < -0.3 is 9.90 Å². The molecule has 0 spiro atoms. The van der Waals surface area contributed by atoms with Crippen LogP contribution in [0.1, 0.15) is 10.4 Å². The average Bonchev–Trinajstić information content (AvgIpc) is 2.61. The van der Waals surface area contributed by atoms with Crippen molar-refractivity contribution in [3.05, 3.63) is 72.8 Å². The van der Waals surface area contributed by atoms with Crippen molar-refractivity contribution in [1.29, 1.82) is 0 Å². The first kappa shape index (κ1) is 16.6. The molecule has 0 fully saturated rings. The summed E-state index contributed by atoms with van der Waals surface area (Å²) in [5, 5.41) is 15.0. The van der Waals surface area contributed by atoms with Crippen LogP contribution in [0.2, 0.25) is 0 Å². The van der Waals surface area contributed by atoms with E-state index < -0.39 is 5.97 Å². The largest absolute Gasteiger partial charge is 1.00 e. The van der Waals surface area contributed by atoms with Crippen LogP contribution in [0.25, 0.3) is 32.7 Å². The zero-order chi connectivity index (χ0) is 15.8. The molecule has 0 bridgehead atoms. The fraction of sp³-hybridized carbons (Fsp3) is 0. The standard InChI is InChI=1S/C19H12N2O2.Na/c22-19(23)12-3-4-15-14(8-12)9-17(13-2-1-6-20-10-13)16-5-7-21-11-18(15)16;/h1-11H,(H,22,23);/q;+1/p-1. The number of hydrogen-bond acceptors (Lipinski definition) is 4. The van der Waals surface area contributed by atoms with Crippen molar-refractivity contribution >= 4 is 27.5 Å². The smallest absolute Gasteiger partial charge is 0.545 e. The summed E-state index contributed by atoms with van der Waals surface area (Å²) in [5.74, 6) is -1.18. The van der Waals surface area contributed by atoms with Gasteiger partial charge in [-0.05, 0) is 51.6 Å². The summed E-state index contributed by atoms with van der Waals surface area (Å²) in [4.78, 5) is 19.5. The quantitative estimate of drug-likeness (QED) is 0.379. The Balaban J connectivity index is 0.00000169. The number of aromatic nitrogens is 2. The number of hydrogen-bond donors (Lipinski definition) is 0. The number of rotatable bonds is 2. The number of fused-ring (bicyclic) bond motifs is 3. The summed E-state index contributed by atoms with van der Waals surface area (Å²) in [6, 6.07) is 12.8. The Morgan fingerprint density at radius 3 is 2.46 bits per heavy atom. The van der Waals surface area contributed by atoms with E-state index in [0.717, 1.165) is 32.7 Å². The molecule has 2 heterocycles. The normalized spacial score (nSPS) is 10.5. The van der Waals surface area contributed by atoms with Gasteiger partial charge in [-0.1, -0.05) is 18.2 Å². The molecule has 0 atom stereocenters. The van der Waals surface area contributed by atoms with E-state index in [2.05, 4.69) is 9.97 Å². The second-order valence-corrected chi connectivity index (χ2v) is 5.31. The van der Waals surface area contributed by atoms with Gasteiger partial charge in [-0.25, -0.2) is 0 Å². The van der Waals surface area contributed by atoms with Gasteiger partial charge in [0.2, 0.25) is 0 Å². The monoisotopic (exact) mass is 322 g/mol. The van der Waals surface area contributed by atoms with Crippen molar-refractivity contribution in [3.63, 3.8) is 0 Å². The molecule has 24 heavy (non-hydrogen) atoms. The SMILES string of the molecule is O=C([O-])c1ccc2c(c1)cc(-c1cccnc1)c1ccncc12.[Na+]. The number of aromatic carboxylic acids is 1. The van der Waals surface area contributed by atoms with Crippen molar-refractivity contribution in [2.24, 2.45) is 0 Å². The van der Waals surface area contributed by atoms with Crippen molar-refractivity contribution in [2.75, 3.05) is 0 Å². The van der Waals surface area contributed by atoms with E-state index in [9.17, 15) is 9.90 Å². The van der Waals surface area contributed by atoms with Gasteiger partial charge in [0.15, 0.2) is 0 Å². The second kappa shape index (κ2) is 6.69. The van der Waals surface area contributed by atoms with Crippen LogP contribution in [0.15, 0.2) is 67.3 Å². The molecular formula is C19H11N2NaO2. The van der Waals surface area contributed by atoms with Crippen LogP contribution < -0.4 is 34.7 Å². The van der Waals surface area contributed by atoms with Gasteiger partial charge in [-0.15, -0.1) is 0 Å². The Labute approximate surface area is 160 Å². The third kappa shape index (κ3) is 2.80. The fourth-order valence-electron chi connectivity index (χ4n) is 2.89. The van der Waals surface area contributed by atoms with E-state index in [1.54, 1.807) is 43.0 Å². The molecule has 0 unspecified atom stereocenters. The number of nitrogens with zero attached hydrogens (tertiary/aromatic N) is 2. The first-order valence-electron chi connectivity index (χ1n) is 7.16. The van der Waals surface area contributed by atoms with Crippen molar-refractivity contribution in [1.82, 2.24) is 9.97 Å². The Morgan fingerprint density at radius 2 is 1.71 bits per heavy atom. The molecule has 5 heteroatoms. The van der Waals surface area contributed by atoms with Gasteiger partial charge in [0, 0.05) is 35.7 Å². The number of pyridine rings is 2. The van der Waals surface area contributed by atoms with Crippen LogP contribution in [0.3, 0.4) is 0 Å². The molecular weight excluding hydrogens is 311 g/mol. The average molecular weight is 322 g/mol. The third-order valence-electron chi connectivity index (χ3n) is 3.96. The summed E-state index contributed by atoms with van der Waals surface area (Å²) in [6.07, 6.45) is 7.08. The first-order valence-corrected chi connectivity index (χ1v) is 7.16. The molecule has 0 saturated heterocycles. The summed E-state index contributed by atoms with van der Waals surface area (Å²) >= 11 is 0. The van der Waals surface area contributed by atoms with Crippen molar-refractivity contribution in [3.8, 4) is 11.1 Å². The summed E-state index contributed by atoms with van der Waals surface area (Å²) in [5.41, 5.74) is 2.14. The molecule has 0 aliphatic heterocycles. The minimum atomic E-state index is -1.18. The molecule has 110 valence electrons. The maximum absolute atomic E-state index is 11.1.